The van der Waals surface area contributed by atoms with Crippen LogP contribution in [-0.2, 0) is 14.4 Å². The van der Waals surface area contributed by atoms with Gasteiger partial charge in [-0.2, -0.15) is 0 Å². The van der Waals surface area contributed by atoms with Crippen molar-refractivity contribution in [3.05, 3.63) is 35.6 Å². The van der Waals surface area contributed by atoms with Crippen LogP contribution in [0.25, 0.3) is 0 Å². The van der Waals surface area contributed by atoms with Crippen molar-refractivity contribution in [2.75, 3.05) is 6.54 Å². The number of Topliss-reactive ketones (excluding diaryl/α,β-unsaturated/α-hetero) is 1. The average Bonchev–Trinajstić information content (AvgIpc) is 3.48. The van der Waals surface area contributed by atoms with Crippen LogP contribution in [0.3, 0.4) is 0 Å². The molecule has 3 saturated carbocycles. The molecule has 5 rings (SSSR count). The third-order valence-corrected chi connectivity index (χ3v) is 10.2. The second kappa shape index (κ2) is 10.4. The summed E-state index contributed by atoms with van der Waals surface area (Å²) in [5.74, 6) is 1.03. The topological polar surface area (TPSA) is 136 Å². The second-order valence-corrected chi connectivity index (χ2v) is 11.9. The molecule has 202 valence electrons. The van der Waals surface area contributed by atoms with Crippen LogP contribution >= 0.6 is 0 Å². The molecule has 0 radical (unpaired) electrons. The zero-order valence-corrected chi connectivity index (χ0v) is 21.7. The Hall–Kier alpha value is -2.45. The molecule has 0 aromatic carbocycles. The fourth-order valence-corrected chi connectivity index (χ4v) is 8.51. The number of allylic oxidation sites excluding steroid dienone is 3. The van der Waals surface area contributed by atoms with Crippen LogP contribution in [0, 0.1) is 47.3 Å². The largest absolute Gasteiger partial charge is 0.507 e. The molecule has 2 heterocycles. The van der Waals surface area contributed by atoms with Crippen molar-refractivity contribution in [3.8, 4) is 0 Å². The van der Waals surface area contributed by atoms with Gasteiger partial charge in [0.25, 0.3) is 5.91 Å². The van der Waals surface area contributed by atoms with Crippen LogP contribution in [-0.4, -0.2) is 57.7 Å². The lowest BCUT2D eigenvalue weighted by Gasteiger charge is -2.44. The number of aliphatic hydroxyl groups excluding tert-OH is 3. The highest BCUT2D eigenvalue weighted by Crippen LogP contribution is 2.62. The van der Waals surface area contributed by atoms with E-state index in [4.69, 9.17) is 0 Å². The fraction of sp³-hybridized carbons (Fsp3) is 0.690. The van der Waals surface area contributed by atoms with Crippen LogP contribution in [0.5, 0.6) is 0 Å². The van der Waals surface area contributed by atoms with Gasteiger partial charge >= 0.3 is 0 Å². The van der Waals surface area contributed by atoms with Crippen molar-refractivity contribution >= 4 is 17.6 Å². The molecule has 2 unspecified atom stereocenters. The third kappa shape index (κ3) is 4.67. The summed E-state index contributed by atoms with van der Waals surface area (Å²) >= 11 is 0. The summed E-state index contributed by atoms with van der Waals surface area (Å²) < 4.78 is 0. The number of hydrogen-bond donors (Lipinski definition) is 5. The van der Waals surface area contributed by atoms with Crippen LogP contribution in [0.15, 0.2) is 35.6 Å². The number of carbonyl (C=O) groups is 3. The Morgan fingerprint density at radius 2 is 1.78 bits per heavy atom. The maximum atomic E-state index is 12.8. The van der Waals surface area contributed by atoms with Gasteiger partial charge in [0.05, 0.1) is 12.2 Å². The first-order valence-electron chi connectivity index (χ1n) is 14.0. The summed E-state index contributed by atoms with van der Waals surface area (Å²) in [6.07, 6.45) is 9.79. The zero-order chi connectivity index (χ0) is 26.4. The van der Waals surface area contributed by atoms with Gasteiger partial charge in [-0.1, -0.05) is 32.4 Å². The lowest BCUT2D eigenvalue weighted by molar-refractivity contribution is -0.118. The summed E-state index contributed by atoms with van der Waals surface area (Å²) in [4.78, 5) is 37.7. The molecule has 37 heavy (non-hydrogen) atoms. The smallest absolute Gasteiger partial charge is 0.259 e. The van der Waals surface area contributed by atoms with E-state index in [1.807, 2.05) is 12.2 Å². The summed E-state index contributed by atoms with van der Waals surface area (Å²) in [5.41, 5.74) is -0.350. The van der Waals surface area contributed by atoms with Gasteiger partial charge in [0.2, 0.25) is 5.91 Å². The summed E-state index contributed by atoms with van der Waals surface area (Å²) in [5, 5.41) is 37.7. The van der Waals surface area contributed by atoms with Crippen LogP contribution in [0.4, 0.5) is 0 Å². The van der Waals surface area contributed by atoms with E-state index in [-0.39, 0.29) is 42.2 Å². The standard InChI is InChI=1S/C29H40N2O6/c1-3-15-11-17-12-19-18-5-4-6-23(35)30-10-9-21(33)27-28(36)26(29(37)31-27)20(32)8-7-16(18)13-22(34)25(19)24(17)14(15)2/h4,6-8,14-19,21-22,24-25,27,32-34H,3,5,9-13H2,1-2H3,(H,30,35)(H,31,37)/b6-4+,8-7+,26-20?/t14-,15-,16+,17+,18-,19+,21?,22-,24+,25-,27?/m0/s1. The molecule has 4 fully saturated rings. The molecule has 5 N–H and O–H groups in total. The lowest BCUT2D eigenvalue weighted by Crippen LogP contribution is -2.43. The van der Waals surface area contributed by atoms with Crippen molar-refractivity contribution < 1.29 is 29.7 Å². The number of hydrogen-bond acceptors (Lipinski definition) is 6. The van der Waals surface area contributed by atoms with Crippen LogP contribution < -0.4 is 10.6 Å². The first kappa shape index (κ1) is 26.2. The number of ketones is 1. The van der Waals surface area contributed by atoms with Gasteiger partial charge in [-0.3, -0.25) is 14.4 Å². The normalized spacial score (nSPS) is 46.1. The molecule has 11 atom stereocenters. The van der Waals surface area contributed by atoms with E-state index in [0.717, 1.165) is 6.42 Å². The number of rotatable bonds is 1. The van der Waals surface area contributed by atoms with Gasteiger partial charge in [0.15, 0.2) is 5.78 Å². The molecule has 0 aromatic heterocycles. The Morgan fingerprint density at radius 1 is 1.00 bits per heavy atom. The van der Waals surface area contributed by atoms with Crippen LogP contribution in [0.1, 0.15) is 52.4 Å². The second-order valence-electron chi connectivity index (χ2n) is 11.9. The number of carbonyl (C=O) groups excluding carboxylic acids is 3. The predicted octanol–water partition coefficient (Wildman–Crippen LogP) is 2.18. The van der Waals surface area contributed by atoms with E-state index >= 15 is 0 Å². The van der Waals surface area contributed by atoms with E-state index in [9.17, 15) is 29.7 Å². The van der Waals surface area contributed by atoms with E-state index < -0.39 is 35.7 Å². The van der Waals surface area contributed by atoms with Gasteiger partial charge in [0, 0.05) is 6.54 Å². The highest BCUT2D eigenvalue weighted by molar-refractivity contribution is 6.27. The molecule has 3 aliphatic carbocycles. The minimum absolute atomic E-state index is 0.0725. The molecule has 8 nitrogen and oxygen atoms in total. The molecule has 2 bridgehead atoms. The Bertz CT molecular complexity index is 1030. The van der Waals surface area contributed by atoms with E-state index in [1.165, 1.54) is 25.0 Å². The predicted molar refractivity (Wildman–Crippen MR) is 137 cm³/mol. The Balaban J connectivity index is 1.47. The quantitative estimate of drug-likeness (QED) is 0.342. The molecule has 0 aromatic rings. The fourth-order valence-electron chi connectivity index (χ4n) is 8.51. The first-order valence-corrected chi connectivity index (χ1v) is 14.0. The molecule has 2 amide bonds. The molecule has 5 aliphatic rings. The lowest BCUT2D eigenvalue weighted by atomic mass is 9.62. The van der Waals surface area contributed by atoms with Crippen molar-refractivity contribution in [2.45, 2.75) is 70.6 Å². The molecule has 1 saturated heterocycles. The minimum atomic E-state index is -1.19. The van der Waals surface area contributed by atoms with E-state index in [0.29, 0.717) is 42.4 Å². The monoisotopic (exact) mass is 512 g/mol. The molecular weight excluding hydrogens is 472 g/mol. The maximum Gasteiger partial charge on any atom is 0.259 e. The van der Waals surface area contributed by atoms with Gasteiger partial charge in [-0.25, -0.2) is 0 Å². The Morgan fingerprint density at radius 3 is 2.54 bits per heavy atom. The average molecular weight is 513 g/mol. The number of aliphatic hydroxyl groups is 3. The molecule has 8 heteroatoms. The highest BCUT2D eigenvalue weighted by atomic mass is 16.3. The number of nitrogens with one attached hydrogen (secondary N) is 2. The maximum absolute atomic E-state index is 12.8. The third-order valence-electron chi connectivity index (χ3n) is 10.2. The highest BCUT2D eigenvalue weighted by Gasteiger charge is 2.58. The van der Waals surface area contributed by atoms with Gasteiger partial charge < -0.3 is 26.0 Å². The zero-order valence-electron chi connectivity index (χ0n) is 21.7. The summed E-state index contributed by atoms with van der Waals surface area (Å²) in [6.45, 7) is 4.76. The van der Waals surface area contributed by atoms with Gasteiger partial charge in [0.1, 0.15) is 17.4 Å². The number of fused-ring (bicyclic) bond motifs is 7. The molecular formula is C29H40N2O6. The summed E-state index contributed by atoms with van der Waals surface area (Å²) in [6, 6.07) is -1.16. The Kier molecular flexibility index (Phi) is 7.33. The molecule has 0 spiro atoms. The Labute approximate surface area is 218 Å². The first-order chi connectivity index (χ1) is 17.7. The SMILES string of the molecule is CC[C@H]1C[C@@H]2C[C@@H]3[C@H]4C/C=C/C(=O)NCCC(O)C5NC(=O)C(=C(O)/C=C/[C@@H]4C[C@H](O)[C@H]3[C@@H]2[C@H]1C)C5=O. The van der Waals surface area contributed by atoms with Gasteiger partial charge in [-0.05, 0) is 91.6 Å². The van der Waals surface area contributed by atoms with Crippen LogP contribution in [0.2, 0.25) is 0 Å². The molecule has 2 aliphatic heterocycles. The number of amides is 2. The van der Waals surface area contributed by atoms with Gasteiger partial charge in [-0.15, -0.1) is 0 Å². The van der Waals surface area contributed by atoms with Crippen molar-refractivity contribution in [1.82, 2.24) is 10.6 Å². The van der Waals surface area contributed by atoms with Crippen molar-refractivity contribution in [2.24, 2.45) is 47.3 Å². The minimum Gasteiger partial charge on any atom is -0.507 e. The van der Waals surface area contributed by atoms with E-state index in [2.05, 4.69) is 24.5 Å². The van der Waals surface area contributed by atoms with E-state index in [1.54, 1.807) is 0 Å². The summed E-state index contributed by atoms with van der Waals surface area (Å²) in [7, 11) is 0. The van der Waals surface area contributed by atoms with Crippen molar-refractivity contribution in [1.29, 1.82) is 0 Å². The van der Waals surface area contributed by atoms with Crippen molar-refractivity contribution in [3.63, 3.8) is 0 Å².